The molecule has 1 rings (SSSR count). The second kappa shape index (κ2) is 7.06. The molecular formula is C13H20N2O4. The summed E-state index contributed by atoms with van der Waals surface area (Å²) in [4.78, 5) is 10.3. The molecule has 6 heteroatoms. The van der Waals surface area contributed by atoms with Gasteiger partial charge in [-0.3, -0.25) is 10.1 Å². The zero-order chi connectivity index (χ0) is 14.4. The number of rotatable bonds is 7. The molecule has 0 heterocycles. The highest BCUT2D eigenvalue weighted by molar-refractivity contribution is 5.43. The Morgan fingerprint density at radius 1 is 1.47 bits per heavy atom. The second-order valence-electron chi connectivity index (χ2n) is 4.62. The van der Waals surface area contributed by atoms with E-state index in [0.29, 0.717) is 18.7 Å². The maximum absolute atomic E-state index is 10.7. The van der Waals surface area contributed by atoms with E-state index in [-0.39, 0.29) is 17.8 Å². The van der Waals surface area contributed by atoms with Crippen LogP contribution in [0.25, 0.3) is 0 Å². The van der Waals surface area contributed by atoms with Crippen LogP contribution in [0.2, 0.25) is 0 Å². The summed E-state index contributed by atoms with van der Waals surface area (Å²) in [6.45, 7) is 4.14. The van der Waals surface area contributed by atoms with Gasteiger partial charge in [0, 0.05) is 30.3 Å². The summed E-state index contributed by atoms with van der Waals surface area (Å²) in [5.74, 6) is 0.613. The number of aliphatic hydroxyl groups is 1. The highest BCUT2D eigenvalue weighted by Crippen LogP contribution is 2.23. The van der Waals surface area contributed by atoms with Crippen molar-refractivity contribution in [1.82, 2.24) is 5.32 Å². The van der Waals surface area contributed by atoms with E-state index in [1.165, 1.54) is 19.2 Å². The van der Waals surface area contributed by atoms with Crippen molar-refractivity contribution >= 4 is 5.69 Å². The van der Waals surface area contributed by atoms with Gasteiger partial charge in [-0.1, -0.05) is 0 Å². The van der Waals surface area contributed by atoms with Gasteiger partial charge in [-0.25, -0.2) is 0 Å². The Morgan fingerprint density at radius 3 is 2.68 bits per heavy atom. The van der Waals surface area contributed by atoms with Crippen molar-refractivity contribution in [3.05, 3.63) is 33.9 Å². The molecule has 1 aromatic rings. The summed E-state index contributed by atoms with van der Waals surface area (Å²) in [7, 11) is 1.53. The van der Waals surface area contributed by atoms with Crippen molar-refractivity contribution < 1.29 is 14.8 Å². The van der Waals surface area contributed by atoms with Gasteiger partial charge < -0.3 is 15.2 Å². The Bertz CT molecular complexity index is 435. The number of non-ortho nitro benzene ring substituents is 1. The first-order valence-electron chi connectivity index (χ1n) is 6.16. The lowest BCUT2D eigenvalue weighted by Crippen LogP contribution is -2.28. The fourth-order valence-electron chi connectivity index (χ4n) is 1.90. The Balaban J connectivity index is 2.75. The summed E-state index contributed by atoms with van der Waals surface area (Å²) in [6, 6.07) is 4.63. The van der Waals surface area contributed by atoms with Gasteiger partial charge >= 0.3 is 0 Å². The van der Waals surface area contributed by atoms with Crippen LogP contribution in [-0.2, 0) is 6.54 Å². The molecule has 0 saturated heterocycles. The molecule has 0 bridgehead atoms. The molecule has 1 aromatic carbocycles. The third-order valence-corrected chi connectivity index (χ3v) is 2.81. The zero-order valence-electron chi connectivity index (χ0n) is 11.4. The minimum atomic E-state index is -0.428. The van der Waals surface area contributed by atoms with Crippen molar-refractivity contribution in [2.24, 2.45) is 0 Å². The summed E-state index contributed by atoms with van der Waals surface area (Å²) < 4.78 is 5.18. The number of nitro groups is 1. The summed E-state index contributed by atoms with van der Waals surface area (Å²) in [6.07, 6.45) is 0.242. The third kappa shape index (κ3) is 4.84. The number of methoxy groups -OCH3 is 1. The molecule has 0 fully saturated rings. The average Bonchev–Trinajstić information content (AvgIpc) is 2.35. The van der Waals surface area contributed by atoms with Crippen LogP contribution in [0.5, 0.6) is 5.75 Å². The van der Waals surface area contributed by atoms with Crippen LogP contribution in [0.15, 0.2) is 18.2 Å². The van der Waals surface area contributed by atoms with E-state index in [2.05, 4.69) is 5.32 Å². The number of benzene rings is 1. The molecule has 0 saturated carbocycles. The lowest BCUT2D eigenvalue weighted by atomic mass is 10.1. The maximum Gasteiger partial charge on any atom is 0.270 e. The topological polar surface area (TPSA) is 84.6 Å². The van der Waals surface area contributed by atoms with Crippen LogP contribution >= 0.6 is 0 Å². The van der Waals surface area contributed by atoms with Gasteiger partial charge in [0.25, 0.3) is 5.69 Å². The highest BCUT2D eigenvalue weighted by Gasteiger charge is 2.12. The van der Waals surface area contributed by atoms with Crippen molar-refractivity contribution in [2.75, 3.05) is 7.11 Å². The molecule has 19 heavy (non-hydrogen) atoms. The van der Waals surface area contributed by atoms with Crippen molar-refractivity contribution in [3.63, 3.8) is 0 Å². The lowest BCUT2D eigenvalue weighted by Gasteiger charge is -2.16. The predicted molar refractivity (Wildman–Crippen MR) is 72.2 cm³/mol. The zero-order valence-corrected chi connectivity index (χ0v) is 11.4. The number of ether oxygens (including phenoxy) is 1. The molecule has 0 radical (unpaired) electrons. The van der Waals surface area contributed by atoms with Crippen LogP contribution in [0.3, 0.4) is 0 Å². The van der Waals surface area contributed by atoms with E-state index in [1.54, 1.807) is 13.0 Å². The van der Waals surface area contributed by atoms with E-state index < -0.39 is 4.92 Å². The predicted octanol–water partition coefficient (Wildman–Crippen LogP) is 1.85. The van der Waals surface area contributed by atoms with E-state index in [1.807, 2.05) is 6.92 Å². The fraction of sp³-hybridized carbons (Fsp3) is 0.538. The SMILES string of the molecule is COc1ccc([N+](=O)[O-])cc1CNC(C)CC(C)O. The van der Waals surface area contributed by atoms with Crippen molar-refractivity contribution in [2.45, 2.75) is 39.0 Å². The highest BCUT2D eigenvalue weighted by atomic mass is 16.6. The molecule has 2 atom stereocenters. The molecule has 0 aliphatic carbocycles. The van der Waals surface area contributed by atoms with E-state index in [9.17, 15) is 15.2 Å². The van der Waals surface area contributed by atoms with Gasteiger partial charge in [0.1, 0.15) is 5.75 Å². The van der Waals surface area contributed by atoms with Crippen LogP contribution < -0.4 is 10.1 Å². The molecule has 0 amide bonds. The standard InChI is InChI=1S/C13H20N2O4/c1-9(6-10(2)16)14-8-11-7-12(15(17)18)4-5-13(11)19-3/h4-5,7,9-10,14,16H,6,8H2,1-3H3. The maximum atomic E-state index is 10.7. The summed E-state index contributed by atoms with van der Waals surface area (Å²) in [5, 5.41) is 23.2. The second-order valence-corrected chi connectivity index (χ2v) is 4.62. The van der Waals surface area contributed by atoms with E-state index >= 15 is 0 Å². The molecule has 0 aromatic heterocycles. The summed E-state index contributed by atoms with van der Waals surface area (Å²) in [5.41, 5.74) is 0.773. The molecule has 0 aliphatic rings. The molecule has 2 N–H and O–H groups in total. The first kappa shape index (κ1) is 15.4. The number of hydrogen-bond acceptors (Lipinski definition) is 5. The van der Waals surface area contributed by atoms with Crippen molar-refractivity contribution in [1.29, 1.82) is 0 Å². The first-order chi connectivity index (χ1) is 8.93. The number of nitro benzene ring substituents is 1. The van der Waals surface area contributed by atoms with Crippen LogP contribution in [0, 0.1) is 10.1 Å². The minimum Gasteiger partial charge on any atom is -0.496 e. The quantitative estimate of drug-likeness (QED) is 0.582. The average molecular weight is 268 g/mol. The smallest absolute Gasteiger partial charge is 0.270 e. The fourth-order valence-corrected chi connectivity index (χ4v) is 1.90. The van der Waals surface area contributed by atoms with E-state index in [0.717, 1.165) is 5.56 Å². The molecule has 2 unspecified atom stereocenters. The Morgan fingerprint density at radius 2 is 2.16 bits per heavy atom. The number of aliphatic hydroxyl groups excluding tert-OH is 1. The van der Waals surface area contributed by atoms with Gasteiger partial charge in [-0.05, 0) is 26.3 Å². The number of nitrogens with zero attached hydrogens (tertiary/aromatic N) is 1. The Kier molecular flexibility index (Phi) is 5.72. The molecule has 0 aliphatic heterocycles. The van der Waals surface area contributed by atoms with Gasteiger partial charge in [-0.15, -0.1) is 0 Å². The molecule has 6 nitrogen and oxygen atoms in total. The van der Waals surface area contributed by atoms with Gasteiger partial charge in [0.05, 0.1) is 18.1 Å². The van der Waals surface area contributed by atoms with Crippen LogP contribution in [-0.4, -0.2) is 29.3 Å². The lowest BCUT2D eigenvalue weighted by molar-refractivity contribution is -0.384. The van der Waals surface area contributed by atoms with E-state index in [4.69, 9.17) is 4.74 Å². The number of nitrogens with one attached hydrogen (secondary N) is 1. The number of hydrogen-bond donors (Lipinski definition) is 2. The molecule has 0 spiro atoms. The van der Waals surface area contributed by atoms with Gasteiger partial charge in [0.15, 0.2) is 0 Å². The first-order valence-corrected chi connectivity index (χ1v) is 6.16. The summed E-state index contributed by atoms with van der Waals surface area (Å²) >= 11 is 0. The third-order valence-electron chi connectivity index (χ3n) is 2.81. The van der Waals surface area contributed by atoms with Crippen LogP contribution in [0.4, 0.5) is 5.69 Å². The van der Waals surface area contributed by atoms with Crippen LogP contribution in [0.1, 0.15) is 25.8 Å². The molecular weight excluding hydrogens is 248 g/mol. The molecule has 106 valence electrons. The monoisotopic (exact) mass is 268 g/mol. The Hall–Kier alpha value is -1.66. The van der Waals surface area contributed by atoms with Gasteiger partial charge in [-0.2, -0.15) is 0 Å². The van der Waals surface area contributed by atoms with Gasteiger partial charge in [0.2, 0.25) is 0 Å². The minimum absolute atomic E-state index is 0.0424. The normalized spacial score (nSPS) is 13.9. The Labute approximate surface area is 112 Å². The largest absolute Gasteiger partial charge is 0.496 e. The van der Waals surface area contributed by atoms with Crippen molar-refractivity contribution in [3.8, 4) is 5.75 Å².